The summed E-state index contributed by atoms with van der Waals surface area (Å²) in [6, 6.07) is 0.155. The van der Waals surface area contributed by atoms with Gasteiger partial charge in [0.25, 0.3) is 0 Å². The molecule has 0 aliphatic heterocycles. The fourth-order valence-corrected chi connectivity index (χ4v) is 8.62. The van der Waals surface area contributed by atoms with Gasteiger partial charge in [-0.3, -0.25) is 0 Å². The summed E-state index contributed by atoms with van der Waals surface area (Å²) in [6.07, 6.45) is 13.5. The van der Waals surface area contributed by atoms with Crippen molar-refractivity contribution in [2.75, 3.05) is 17.3 Å². The number of imidazole rings is 1. The van der Waals surface area contributed by atoms with Crippen LogP contribution in [0, 0.1) is 23.2 Å². The molecule has 0 amide bonds. The molecule has 4 aliphatic carbocycles. The Bertz CT molecular complexity index is 1010. The Morgan fingerprint density at radius 2 is 1.82 bits per heavy atom. The lowest BCUT2D eigenvalue weighted by Crippen LogP contribution is -2.35. The van der Waals surface area contributed by atoms with E-state index in [-0.39, 0.29) is 22.7 Å². The molecule has 7 nitrogen and oxygen atoms in total. The highest BCUT2D eigenvalue weighted by atomic mass is 35.5. The minimum absolute atomic E-state index is 0.197. The van der Waals surface area contributed by atoms with Gasteiger partial charge in [-0.15, -0.1) is 0 Å². The summed E-state index contributed by atoms with van der Waals surface area (Å²) >= 11 is 8.16. The minimum Gasteiger partial charge on any atom is -0.390 e. The molecule has 180 valence electrons. The minimum atomic E-state index is -0.830. The average molecular weight is 492 g/mol. The zero-order chi connectivity index (χ0) is 22.7. The third-order valence-corrected chi connectivity index (χ3v) is 10.1. The molecule has 0 unspecified atom stereocenters. The molecular weight excluding hydrogens is 458 g/mol. The predicted molar refractivity (Wildman–Crippen MR) is 132 cm³/mol. The monoisotopic (exact) mass is 491 g/mol. The first kappa shape index (κ1) is 22.4. The third-order valence-electron chi connectivity index (χ3n) is 9.10. The largest absolute Gasteiger partial charge is 0.390 e. The van der Waals surface area contributed by atoms with Crippen molar-refractivity contribution >= 4 is 40.3 Å². The maximum absolute atomic E-state index is 11.0. The van der Waals surface area contributed by atoms with Crippen LogP contribution in [0.2, 0.25) is 5.28 Å². The molecule has 4 aliphatic rings. The van der Waals surface area contributed by atoms with Crippen LogP contribution in [0.5, 0.6) is 0 Å². The fourth-order valence-electron chi connectivity index (χ4n) is 7.42. The highest BCUT2D eigenvalue weighted by Gasteiger charge is 2.71. The summed E-state index contributed by atoms with van der Waals surface area (Å²) in [5.41, 5.74) is 1.16. The number of rotatable bonds is 7. The molecule has 6 rings (SSSR count). The molecule has 0 radical (unpaired) electrons. The second kappa shape index (κ2) is 8.54. The molecule has 33 heavy (non-hydrogen) atoms. The third kappa shape index (κ3) is 3.58. The van der Waals surface area contributed by atoms with Crippen LogP contribution < -0.4 is 5.32 Å². The summed E-state index contributed by atoms with van der Waals surface area (Å²) in [7, 11) is 0. The zero-order valence-electron chi connectivity index (χ0n) is 19.2. The van der Waals surface area contributed by atoms with E-state index in [9.17, 15) is 10.2 Å². The number of hydrogen-bond acceptors (Lipinski definition) is 7. The molecule has 0 saturated heterocycles. The van der Waals surface area contributed by atoms with Crippen molar-refractivity contribution in [1.82, 2.24) is 19.5 Å². The smallest absolute Gasteiger partial charge is 0.226 e. The number of nitrogens with one attached hydrogen (secondary N) is 1. The van der Waals surface area contributed by atoms with E-state index >= 15 is 0 Å². The molecule has 2 aromatic rings. The van der Waals surface area contributed by atoms with E-state index in [0.717, 1.165) is 12.2 Å². The second-order valence-electron chi connectivity index (χ2n) is 10.8. The van der Waals surface area contributed by atoms with Gasteiger partial charge in [-0.05, 0) is 67.7 Å². The summed E-state index contributed by atoms with van der Waals surface area (Å²) in [6.45, 7) is 0. The Morgan fingerprint density at radius 3 is 2.45 bits per heavy atom. The van der Waals surface area contributed by atoms with Gasteiger partial charge in [0.05, 0.1) is 18.5 Å². The number of thioether (sulfide) groups is 1. The van der Waals surface area contributed by atoms with Crippen molar-refractivity contribution in [3.05, 3.63) is 11.6 Å². The first-order chi connectivity index (χ1) is 16.0. The van der Waals surface area contributed by atoms with Crippen molar-refractivity contribution < 1.29 is 10.2 Å². The van der Waals surface area contributed by atoms with Gasteiger partial charge < -0.3 is 20.1 Å². The molecule has 0 spiro atoms. The van der Waals surface area contributed by atoms with E-state index in [2.05, 4.69) is 21.5 Å². The molecule has 9 heteroatoms. The van der Waals surface area contributed by atoms with Gasteiger partial charge in [-0.25, -0.2) is 4.98 Å². The zero-order valence-corrected chi connectivity index (χ0v) is 20.7. The average Bonchev–Trinajstić information content (AvgIpc) is 3.34. The van der Waals surface area contributed by atoms with Crippen LogP contribution in [0.25, 0.3) is 11.2 Å². The Labute approximate surface area is 204 Å². The second-order valence-corrected chi connectivity index (χ2v) is 12.0. The molecular formula is C24H34ClN5O2S. The Morgan fingerprint density at radius 1 is 1.15 bits per heavy atom. The summed E-state index contributed by atoms with van der Waals surface area (Å²) < 4.78 is 1.95. The lowest BCUT2D eigenvalue weighted by Gasteiger charge is -2.30. The van der Waals surface area contributed by atoms with Crippen molar-refractivity contribution in [1.29, 1.82) is 0 Å². The van der Waals surface area contributed by atoms with Gasteiger partial charge in [0.1, 0.15) is 6.10 Å². The van der Waals surface area contributed by atoms with Crippen LogP contribution in [0.3, 0.4) is 0 Å². The van der Waals surface area contributed by atoms with E-state index in [0.29, 0.717) is 34.9 Å². The Hall–Kier alpha value is -1.09. The summed E-state index contributed by atoms with van der Waals surface area (Å²) in [4.78, 5) is 13.8. The number of halogens is 1. The lowest BCUT2D eigenvalue weighted by atomic mass is 9.86. The maximum Gasteiger partial charge on any atom is 0.226 e. The van der Waals surface area contributed by atoms with Gasteiger partial charge >= 0.3 is 0 Å². The Balaban J connectivity index is 1.35. The molecule has 0 bridgehead atoms. The number of hydrogen-bond donors (Lipinski definition) is 3. The number of fused-ring (bicyclic) bond motifs is 2. The van der Waals surface area contributed by atoms with E-state index in [1.165, 1.54) is 51.4 Å². The van der Waals surface area contributed by atoms with Crippen molar-refractivity contribution in [3.63, 3.8) is 0 Å². The number of anilines is 1. The van der Waals surface area contributed by atoms with Crippen LogP contribution in [-0.4, -0.2) is 60.0 Å². The molecule has 2 aromatic heterocycles. The first-order valence-corrected chi connectivity index (χ1v) is 14.3. The van der Waals surface area contributed by atoms with E-state index < -0.39 is 12.2 Å². The van der Waals surface area contributed by atoms with E-state index in [1.807, 2.05) is 4.57 Å². The van der Waals surface area contributed by atoms with Crippen molar-refractivity contribution in [2.24, 2.45) is 23.2 Å². The van der Waals surface area contributed by atoms with Gasteiger partial charge in [0, 0.05) is 17.2 Å². The highest BCUT2D eigenvalue weighted by molar-refractivity contribution is 7.98. The summed E-state index contributed by atoms with van der Waals surface area (Å²) in [5, 5.41) is 25.8. The molecule has 4 saturated carbocycles. The summed E-state index contributed by atoms with van der Waals surface area (Å²) in [5.74, 6) is 3.13. The number of aliphatic hydroxyl groups is 2. The first-order valence-electron chi connectivity index (χ1n) is 12.5. The maximum atomic E-state index is 11.0. The van der Waals surface area contributed by atoms with Crippen molar-refractivity contribution in [2.45, 2.75) is 82.1 Å². The normalized spacial score (nSPS) is 34.6. The van der Waals surface area contributed by atoms with Gasteiger partial charge in [-0.1, -0.05) is 25.7 Å². The lowest BCUT2D eigenvalue weighted by molar-refractivity contribution is -0.0126. The quantitative estimate of drug-likeness (QED) is 0.497. The number of nitrogens with zero attached hydrogens (tertiary/aromatic N) is 4. The standard InChI is InChI=1S/C24H34ClN5O2S/c1-33-11-24-10-15(24)18(19(31)20(24)32)30-12-26-17-21(28-23(25)29-22(17)30)27-16(13-6-2-3-7-13)14-8-4-5-9-14/h12-16,18-20,31-32H,2-11H2,1H3,(H,27,28,29)/t15-,18-,19+,20+,24+/m1/s1. The number of aromatic nitrogens is 4. The molecule has 3 N–H and O–H groups in total. The molecule has 0 aromatic carbocycles. The van der Waals surface area contributed by atoms with Crippen molar-refractivity contribution in [3.8, 4) is 0 Å². The molecule has 5 atom stereocenters. The van der Waals surface area contributed by atoms with Gasteiger partial charge in [-0.2, -0.15) is 21.7 Å². The topological polar surface area (TPSA) is 96.1 Å². The molecule has 2 heterocycles. The van der Waals surface area contributed by atoms with Gasteiger partial charge in [0.2, 0.25) is 5.28 Å². The van der Waals surface area contributed by atoms with Crippen LogP contribution in [0.4, 0.5) is 5.82 Å². The SMILES string of the molecule is CSC[C@@]12C[C@@H]1[C@@H](n1cnc3c(NC(C4CCCC4)C4CCCC4)nc(Cl)nc31)[C@H](O)[C@@H]2O. The van der Waals surface area contributed by atoms with Crippen LogP contribution in [0.1, 0.15) is 63.8 Å². The van der Waals surface area contributed by atoms with E-state index in [1.54, 1.807) is 18.1 Å². The predicted octanol–water partition coefficient (Wildman–Crippen LogP) is 4.29. The van der Waals surface area contributed by atoms with Crippen LogP contribution in [0.15, 0.2) is 6.33 Å². The van der Waals surface area contributed by atoms with Gasteiger partial charge in [0.15, 0.2) is 17.0 Å². The fraction of sp³-hybridized carbons (Fsp3) is 0.792. The highest BCUT2D eigenvalue weighted by Crippen LogP contribution is 2.68. The number of aliphatic hydroxyl groups excluding tert-OH is 2. The molecule has 4 fully saturated rings. The van der Waals surface area contributed by atoms with Crippen LogP contribution >= 0.6 is 23.4 Å². The van der Waals surface area contributed by atoms with E-state index in [4.69, 9.17) is 16.6 Å². The van der Waals surface area contributed by atoms with Crippen LogP contribution in [-0.2, 0) is 0 Å². The Kier molecular flexibility index (Phi) is 5.79.